The first kappa shape index (κ1) is 12.9. The number of nitrogens with two attached hydrogens (primary N) is 1. The van der Waals surface area contributed by atoms with E-state index in [1.165, 1.54) is 39.1 Å². The van der Waals surface area contributed by atoms with Crippen LogP contribution < -0.4 is 5.73 Å². The van der Waals surface area contributed by atoms with Gasteiger partial charge in [0.05, 0.1) is 0 Å². The highest BCUT2D eigenvalue weighted by atomic mass is 15.2. The van der Waals surface area contributed by atoms with Gasteiger partial charge in [-0.2, -0.15) is 0 Å². The zero-order valence-electron chi connectivity index (χ0n) is 10.6. The molecule has 0 unspecified atom stereocenters. The van der Waals surface area contributed by atoms with Gasteiger partial charge < -0.3 is 15.5 Å². The highest BCUT2D eigenvalue weighted by molar-refractivity contribution is 4.77. The first-order valence-corrected chi connectivity index (χ1v) is 6.14. The molecule has 1 rings (SSSR count). The Bertz CT molecular complexity index is 172. The maximum Gasteiger partial charge on any atom is 0.0110 e. The molecule has 1 aliphatic heterocycles. The van der Waals surface area contributed by atoms with Crippen LogP contribution in [0.25, 0.3) is 0 Å². The monoisotopic (exact) mass is 213 g/mol. The molecule has 15 heavy (non-hydrogen) atoms. The summed E-state index contributed by atoms with van der Waals surface area (Å²) in [6.07, 6.45) is 2.40. The highest BCUT2D eigenvalue weighted by Gasteiger charge is 2.23. The summed E-state index contributed by atoms with van der Waals surface area (Å²) in [7, 11) is 2.21. The number of nitrogens with zero attached hydrogens (tertiary/aromatic N) is 2. The van der Waals surface area contributed by atoms with E-state index in [1.54, 1.807) is 0 Å². The van der Waals surface area contributed by atoms with Crippen molar-refractivity contribution in [1.82, 2.24) is 9.80 Å². The van der Waals surface area contributed by atoms with Crippen LogP contribution in [0.15, 0.2) is 0 Å². The zero-order valence-corrected chi connectivity index (χ0v) is 10.6. The molecule has 1 heterocycles. The number of hydrogen-bond donors (Lipinski definition) is 1. The van der Waals surface area contributed by atoms with Crippen LogP contribution in [0, 0.1) is 5.41 Å². The van der Waals surface area contributed by atoms with Crippen LogP contribution in [0.2, 0.25) is 0 Å². The molecule has 90 valence electrons. The standard InChI is InChI=1S/C12H27N3/c1-12(2,5-4-6-13)11-15-9-7-14(3)8-10-15/h4-11,13H2,1-3H3. The van der Waals surface area contributed by atoms with Crippen molar-refractivity contribution in [2.45, 2.75) is 26.7 Å². The first-order chi connectivity index (χ1) is 7.03. The van der Waals surface area contributed by atoms with Crippen LogP contribution >= 0.6 is 0 Å². The number of hydrogen-bond acceptors (Lipinski definition) is 3. The van der Waals surface area contributed by atoms with Crippen LogP contribution in [-0.4, -0.2) is 56.1 Å². The topological polar surface area (TPSA) is 32.5 Å². The molecule has 0 atom stereocenters. The molecule has 0 aromatic heterocycles. The Hall–Kier alpha value is -0.120. The van der Waals surface area contributed by atoms with Gasteiger partial charge >= 0.3 is 0 Å². The average molecular weight is 213 g/mol. The number of rotatable bonds is 5. The second-order valence-electron chi connectivity index (χ2n) is 5.64. The largest absolute Gasteiger partial charge is 0.330 e. The third-order valence-electron chi connectivity index (χ3n) is 3.31. The second-order valence-corrected chi connectivity index (χ2v) is 5.64. The first-order valence-electron chi connectivity index (χ1n) is 6.14. The van der Waals surface area contributed by atoms with Gasteiger partial charge in [-0.3, -0.25) is 0 Å². The van der Waals surface area contributed by atoms with E-state index in [9.17, 15) is 0 Å². The molecule has 3 nitrogen and oxygen atoms in total. The van der Waals surface area contributed by atoms with Gasteiger partial charge in [0.25, 0.3) is 0 Å². The smallest absolute Gasteiger partial charge is 0.0110 e. The lowest BCUT2D eigenvalue weighted by Crippen LogP contribution is -2.47. The fourth-order valence-electron chi connectivity index (χ4n) is 2.27. The van der Waals surface area contributed by atoms with E-state index in [1.807, 2.05) is 0 Å². The highest BCUT2D eigenvalue weighted by Crippen LogP contribution is 2.23. The molecular formula is C12H27N3. The van der Waals surface area contributed by atoms with Gasteiger partial charge in [0.1, 0.15) is 0 Å². The summed E-state index contributed by atoms with van der Waals surface area (Å²) < 4.78 is 0. The Morgan fingerprint density at radius 2 is 1.73 bits per heavy atom. The van der Waals surface area contributed by atoms with E-state index < -0.39 is 0 Å². The Morgan fingerprint density at radius 3 is 2.27 bits per heavy atom. The summed E-state index contributed by atoms with van der Waals surface area (Å²) in [6, 6.07) is 0. The molecule has 1 aliphatic rings. The van der Waals surface area contributed by atoms with Crippen molar-refractivity contribution in [3.8, 4) is 0 Å². The van der Waals surface area contributed by atoms with E-state index in [2.05, 4.69) is 30.7 Å². The summed E-state index contributed by atoms with van der Waals surface area (Å²) in [4.78, 5) is 5.00. The van der Waals surface area contributed by atoms with E-state index >= 15 is 0 Å². The van der Waals surface area contributed by atoms with E-state index in [0.717, 1.165) is 13.0 Å². The molecule has 1 saturated heterocycles. The van der Waals surface area contributed by atoms with E-state index in [0.29, 0.717) is 5.41 Å². The van der Waals surface area contributed by atoms with Gasteiger partial charge in [-0.05, 0) is 31.8 Å². The quantitative estimate of drug-likeness (QED) is 0.739. The summed E-state index contributed by atoms with van der Waals surface area (Å²) in [5, 5.41) is 0. The third kappa shape index (κ3) is 4.96. The fourth-order valence-corrected chi connectivity index (χ4v) is 2.27. The Labute approximate surface area is 94.6 Å². The van der Waals surface area contributed by atoms with Gasteiger partial charge in [-0.1, -0.05) is 13.8 Å². The van der Waals surface area contributed by atoms with Gasteiger partial charge in [0, 0.05) is 32.7 Å². The zero-order chi connectivity index (χ0) is 11.3. The predicted octanol–water partition coefficient (Wildman–Crippen LogP) is 0.999. The summed E-state index contributed by atoms with van der Waals surface area (Å²) in [5.74, 6) is 0. The van der Waals surface area contributed by atoms with Gasteiger partial charge in [-0.15, -0.1) is 0 Å². The minimum Gasteiger partial charge on any atom is -0.330 e. The van der Waals surface area contributed by atoms with Crippen molar-refractivity contribution in [2.24, 2.45) is 11.1 Å². The molecule has 0 saturated carbocycles. The summed E-state index contributed by atoms with van der Waals surface area (Å²) >= 11 is 0. The molecule has 0 aliphatic carbocycles. The van der Waals surface area contributed by atoms with Crippen LogP contribution in [0.1, 0.15) is 26.7 Å². The number of likely N-dealkylation sites (N-methyl/N-ethyl adjacent to an activating group) is 1. The van der Waals surface area contributed by atoms with Crippen LogP contribution in [0.3, 0.4) is 0 Å². The Kier molecular flexibility index (Phi) is 5.03. The fraction of sp³-hybridized carbons (Fsp3) is 1.00. The van der Waals surface area contributed by atoms with Crippen LogP contribution in [0.5, 0.6) is 0 Å². The summed E-state index contributed by atoms with van der Waals surface area (Å²) in [5.41, 5.74) is 5.99. The normalized spacial score (nSPS) is 20.8. The molecule has 0 bridgehead atoms. The van der Waals surface area contributed by atoms with Crippen molar-refractivity contribution < 1.29 is 0 Å². The lowest BCUT2D eigenvalue weighted by Gasteiger charge is -2.37. The molecule has 0 amide bonds. The minimum absolute atomic E-state index is 0.426. The van der Waals surface area contributed by atoms with Crippen LogP contribution in [-0.2, 0) is 0 Å². The van der Waals surface area contributed by atoms with Crippen molar-refractivity contribution in [2.75, 3.05) is 46.3 Å². The molecule has 0 radical (unpaired) electrons. The Morgan fingerprint density at radius 1 is 1.13 bits per heavy atom. The van der Waals surface area contributed by atoms with Gasteiger partial charge in [0.2, 0.25) is 0 Å². The SMILES string of the molecule is CN1CCN(CC(C)(C)CCCN)CC1. The summed E-state index contributed by atoms with van der Waals surface area (Å²) in [6.45, 7) is 11.7. The lowest BCUT2D eigenvalue weighted by molar-refractivity contribution is 0.106. The molecule has 0 spiro atoms. The van der Waals surface area contributed by atoms with Gasteiger partial charge in [-0.25, -0.2) is 0 Å². The van der Waals surface area contributed by atoms with Crippen molar-refractivity contribution in [3.63, 3.8) is 0 Å². The predicted molar refractivity (Wildman–Crippen MR) is 66.0 cm³/mol. The second kappa shape index (κ2) is 5.83. The van der Waals surface area contributed by atoms with E-state index in [-0.39, 0.29) is 0 Å². The molecular weight excluding hydrogens is 186 g/mol. The average Bonchev–Trinajstić information content (AvgIpc) is 2.18. The lowest BCUT2D eigenvalue weighted by atomic mass is 9.87. The van der Waals surface area contributed by atoms with E-state index in [4.69, 9.17) is 5.73 Å². The van der Waals surface area contributed by atoms with Crippen LogP contribution in [0.4, 0.5) is 0 Å². The third-order valence-corrected chi connectivity index (χ3v) is 3.31. The van der Waals surface area contributed by atoms with Crippen molar-refractivity contribution in [1.29, 1.82) is 0 Å². The molecule has 2 N–H and O–H groups in total. The minimum atomic E-state index is 0.426. The maximum absolute atomic E-state index is 5.57. The molecule has 3 heteroatoms. The Balaban J connectivity index is 2.27. The maximum atomic E-state index is 5.57. The molecule has 1 fully saturated rings. The van der Waals surface area contributed by atoms with Crippen molar-refractivity contribution in [3.05, 3.63) is 0 Å². The molecule has 0 aromatic carbocycles. The van der Waals surface area contributed by atoms with Crippen molar-refractivity contribution >= 4 is 0 Å². The molecule has 0 aromatic rings. The number of piperazine rings is 1. The van der Waals surface area contributed by atoms with Gasteiger partial charge in [0.15, 0.2) is 0 Å².